The van der Waals surface area contributed by atoms with Crippen LogP contribution in [0.25, 0.3) is 0 Å². The Kier molecular flexibility index (Phi) is 5.61. The molecule has 1 fully saturated rings. The zero-order chi connectivity index (χ0) is 15.4. The molecule has 0 bridgehead atoms. The van der Waals surface area contributed by atoms with Gasteiger partial charge >= 0.3 is 0 Å². The van der Waals surface area contributed by atoms with Crippen LogP contribution in [0.15, 0.2) is 18.2 Å². The van der Waals surface area contributed by atoms with Gasteiger partial charge in [0.1, 0.15) is 0 Å². The lowest BCUT2D eigenvalue weighted by atomic mass is 9.76. The highest BCUT2D eigenvalue weighted by Gasteiger charge is 2.22. The highest BCUT2D eigenvalue weighted by atomic mass is 14.3. The highest BCUT2D eigenvalue weighted by Crippen LogP contribution is 2.37. The summed E-state index contributed by atoms with van der Waals surface area (Å²) in [7, 11) is 0. The number of rotatable bonds is 5. The molecule has 1 aromatic rings. The van der Waals surface area contributed by atoms with E-state index in [1.54, 1.807) is 16.7 Å². The van der Waals surface area contributed by atoms with Crippen LogP contribution in [0.1, 0.15) is 94.2 Å². The Morgan fingerprint density at radius 2 is 1.77 bits per heavy atom. The second-order valence-corrected chi connectivity index (χ2v) is 8.09. The second-order valence-electron chi connectivity index (χ2n) is 8.09. The SMILES string of the molecule is CCCCCC1CCc2cc(C3CCC(C)CC3)ccc2C1. The zero-order valence-corrected chi connectivity index (χ0v) is 14.7. The van der Waals surface area contributed by atoms with E-state index in [1.807, 2.05) is 0 Å². The summed E-state index contributed by atoms with van der Waals surface area (Å²) in [6.07, 6.45) is 15.5. The fourth-order valence-corrected chi connectivity index (χ4v) is 4.63. The van der Waals surface area contributed by atoms with E-state index < -0.39 is 0 Å². The van der Waals surface area contributed by atoms with Crippen LogP contribution in [0.3, 0.4) is 0 Å². The number of hydrogen-bond acceptors (Lipinski definition) is 0. The molecule has 0 aromatic heterocycles. The summed E-state index contributed by atoms with van der Waals surface area (Å²) in [6.45, 7) is 4.73. The van der Waals surface area contributed by atoms with Gasteiger partial charge in [0.2, 0.25) is 0 Å². The fraction of sp³-hybridized carbons (Fsp3) is 0.727. The van der Waals surface area contributed by atoms with Gasteiger partial charge in [0.25, 0.3) is 0 Å². The van der Waals surface area contributed by atoms with E-state index in [1.165, 1.54) is 70.6 Å². The predicted molar refractivity (Wildman–Crippen MR) is 96.5 cm³/mol. The number of fused-ring (bicyclic) bond motifs is 1. The van der Waals surface area contributed by atoms with E-state index >= 15 is 0 Å². The Hall–Kier alpha value is -0.780. The largest absolute Gasteiger partial charge is 0.0654 e. The van der Waals surface area contributed by atoms with E-state index in [9.17, 15) is 0 Å². The standard InChI is InChI=1S/C22H34/c1-3-4-5-6-18-9-12-22-16-21(14-13-20(22)15-18)19-10-7-17(2)8-11-19/h13-14,16-19H,3-12,15H2,1-2H3. The third-order valence-electron chi connectivity index (χ3n) is 6.26. The molecule has 0 amide bonds. The van der Waals surface area contributed by atoms with Crippen molar-refractivity contribution in [3.8, 4) is 0 Å². The van der Waals surface area contributed by atoms with Crippen LogP contribution >= 0.6 is 0 Å². The van der Waals surface area contributed by atoms with Gasteiger partial charge in [-0.3, -0.25) is 0 Å². The zero-order valence-electron chi connectivity index (χ0n) is 14.7. The molecule has 0 N–H and O–H groups in total. The van der Waals surface area contributed by atoms with Crippen LogP contribution in [0.4, 0.5) is 0 Å². The first kappa shape index (κ1) is 16.1. The second kappa shape index (κ2) is 7.66. The summed E-state index contributed by atoms with van der Waals surface area (Å²) in [5.41, 5.74) is 5.00. The summed E-state index contributed by atoms with van der Waals surface area (Å²) < 4.78 is 0. The van der Waals surface area contributed by atoms with Crippen LogP contribution in [0, 0.1) is 11.8 Å². The van der Waals surface area contributed by atoms with Crippen molar-refractivity contribution < 1.29 is 0 Å². The molecule has 22 heavy (non-hydrogen) atoms. The molecule has 122 valence electrons. The Bertz CT molecular complexity index is 465. The average molecular weight is 299 g/mol. The van der Waals surface area contributed by atoms with Gasteiger partial charge in [0, 0.05) is 0 Å². The topological polar surface area (TPSA) is 0 Å². The van der Waals surface area contributed by atoms with E-state index in [2.05, 4.69) is 32.0 Å². The molecule has 0 spiro atoms. The van der Waals surface area contributed by atoms with Crippen LogP contribution in [0.5, 0.6) is 0 Å². The first-order valence-corrected chi connectivity index (χ1v) is 9.88. The molecule has 2 aliphatic rings. The van der Waals surface area contributed by atoms with Gasteiger partial charge in [0.15, 0.2) is 0 Å². The minimum atomic E-state index is 0.851. The molecule has 1 aromatic carbocycles. The van der Waals surface area contributed by atoms with Gasteiger partial charge in [-0.1, -0.05) is 70.6 Å². The minimum absolute atomic E-state index is 0.851. The van der Waals surface area contributed by atoms with Gasteiger partial charge in [0.05, 0.1) is 0 Å². The maximum Gasteiger partial charge on any atom is -0.0162 e. The van der Waals surface area contributed by atoms with Crippen LogP contribution in [0.2, 0.25) is 0 Å². The quantitative estimate of drug-likeness (QED) is 0.533. The van der Waals surface area contributed by atoms with Crippen molar-refractivity contribution in [3.05, 3.63) is 34.9 Å². The number of unbranched alkanes of at least 4 members (excludes halogenated alkanes) is 2. The molecule has 1 saturated carbocycles. The fourth-order valence-electron chi connectivity index (χ4n) is 4.63. The van der Waals surface area contributed by atoms with Gasteiger partial charge < -0.3 is 0 Å². The molecular formula is C22H34. The van der Waals surface area contributed by atoms with E-state index in [-0.39, 0.29) is 0 Å². The lowest BCUT2D eigenvalue weighted by Gasteiger charge is -2.29. The molecule has 0 heteroatoms. The van der Waals surface area contributed by atoms with Crippen LogP contribution < -0.4 is 0 Å². The third-order valence-corrected chi connectivity index (χ3v) is 6.26. The lowest BCUT2D eigenvalue weighted by molar-refractivity contribution is 0.347. The first-order valence-electron chi connectivity index (χ1n) is 9.88. The molecule has 2 aliphatic carbocycles. The monoisotopic (exact) mass is 298 g/mol. The normalized spacial score (nSPS) is 28.4. The molecule has 0 nitrogen and oxygen atoms in total. The Morgan fingerprint density at radius 1 is 0.955 bits per heavy atom. The molecule has 1 atom stereocenters. The summed E-state index contributed by atoms with van der Waals surface area (Å²) in [6, 6.07) is 7.53. The summed E-state index contributed by atoms with van der Waals surface area (Å²) >= 11 is 0. The van der Waals surface area contributed by atoms with Crippen LogP contribution in [-0.4, -0.2) is 0 Å². The Morgan fingerprint density at radius 3 is 2.55 bits per heavy atom. The van der Waals surface area contributed by atoms with E-state index in [0.717, 1.165) is 17.8 Å². The Labute approximate surface area is 137 Å². The summed E-state index contributed by atoms with van der Waals surface area (Å²) in [4.78, 5) is 0. The Balaban J connectivity index is 1.61. The van der Waals surface area contributed by atoms with Gasteiger partial charge in [-0.25, -0.2) is 0 Å². The van der Waals surface area contributed by atoms with Crippen LogP contribution in [-0.2, 0) is 12.8 Å². The first-order chi connectivity index (χ1) is 10.8. The number of benzene rings is 1. The van der Waals surface area contributed by atoms with Crippen molar-refractivity contribution in [2.45, 2.75) is 90.4 Å². The lowest BCUT2D eigenvalue weighted by Crippen LogP contribution is -2.16. The average Bonchev–Trinajstić information content (AvgIpc) is 2.55. The molecule has 1 unspecified atom stereocenters. The van der Waals surface area contributed by atoms with Crippen molar-refractivity contribution in [3.63, 3.8) is 0 Å². The van der Waals surface area contributed by atoms with Gasteiger partial charge in [-0.15, -0.1) is 0 Å². The molecule has 0 aliphatic heterocycles. The van der Waals surface area contributed by atoms with Crippen molar-refractivity contribution in [1.29, 1.82) is 0 Å². The molecule has 0 saturated heterocycles. The molecule has 0 heterocycles. The van der Waals surface area contributed by atoms with Gasteiger partial charge in [-0.05, 0) is 66.5 Å². The van der Waals surface area contributed by atoms with E-state index in [0.29, 0.717) is 0 Å². The molecule has 3 rings (SSSR count). The maximum absolute atomic E-state index is 2.58. The highest BCUT2D eigenvalue weighted by molar-refractivity contribution is 5.36. The third kappa shape index (κ3) is 3.94. The van der Waals surface area contributed by atoms with E-state index in [4.69, 9.17) is 0 Å². The minimum Gasteiger partial charge on any atom is -0.0654 e. The summed E-state index contributed by atoms with van der Waals surface area (Å²) in [5.74, 6) is 2.77. The van der Waals surface area contributed by atoms with Crippen molar-refractivity contribution >= 4 is 0 Å². The smallest absolute Gasteiger partial charge is 0.0162 e. The molecule has 0 radical (unpaired) electrons. The maximum atomic E-state index is 2.58. The summed E-state index contributed by atoms with van der Waals surface area (Å²) in [5, 5.41) is 0. The van der Waals surface area contributed by atoms with Gasteiger partial charge in [-0.2, -0.15) is 0 Å². The van der Waals surface area contributed by atoms with Crippen molar-refractivity contribution in [1.82, 2.24) is 0 Å². The molecular weight excluding hydrogens is 264 g/mol. The van der Waals surface area contributed by atoms with Crippen molar-refractivity contribution in [2.75, 3.05) is 0 Å². The number of aryl methyl sites for hydroxylation is 1. The van der Waals surface area contributed by atoms with Crippen molar-refractivity contribution in [2.24, 2.45) is 11.8 Å². The number of hydrogen-bond donors (Lipinski definition) is 0. The predicted octanol–water partition coefficient (Wildman–Crippen LogP) is 6.67.